The molecule has 9 heteroatoms. The van der Waals surface area contributed by atoms with E-state index in [0.29, 0.717) is 18.3 Å². The monoisotopic (exact) mass is 486 g/mol. The highest BCUT2D eigenvalue weighted by molar-refractivity contribution is 14.0. The number of benzene rings is 1. The van der Waals surface area contributed by atoms with Gasteiger partial charge in [-0.25, -0.2) is 4.98 Å². The van der Waals surface area contributed by atoms with Gasteiger partial charge in [-0.1, -0.05) is 0 Å². The Balaban J connectivity index is 0.00000261. The molecule has 0 radical (unpaired) electrons. The van der Waals surface area contributed by atoms with Crippen LogP contribution in [-0.2, 0) is 11.3 Å². The van der Waals surface area contributed by atoms with E-state index in [1.54, 1.807) is 14.2 Å². The molecule has 2 heterocycles. The van der Waals surface area contributed by atoms with Gasteiger partial charge in [0.25, 0.3) is 0 Å². The van der Waals surface area contributed by atoms with Gasteiger partial charge in [-0.2, -0.15) is 5.10 Å². The smallest absolute Gasteiger partial charge is 0.193 e. The topological polar surface area (TPSA) is 87.7 Å². The highest BCUT2D eigenvalue weighted by Gasteiger charge is 2.19. The summed E-state index contributed by atoms with van der Waals surface area (Å²) < 4.78 is 10.6. The van der Waals surface area contributed by atoms with Gasteiger partial charge in [-0.05, 0) is 30.7 Å². The third-order valence-corrected chi connectivity index (χ3v) is 4.42. The normalized spacial score (nSPS) is 16.7. The summed E-state index contributed by atoms with van der Waals surface area (Å²) in [7, 11) is 5.47. The third-order valence-electron chi connectivity index (χ3n) is 4.42. The van der Waals surface area contributed by atoms with Gasteiger partial charge in [0.2, 0.25) is 0 Å². The van der Waals surface area contributed by atoms with Gasteiger partial charge in [0, 0.05) is 38.7 Å². The molecular weight excluding hydrogens is 459 g/mol. The van der Waals surface area contributed by atoms with Crippen LogP contribution < -0.4 is 10.1 Å². The maximum atomic E-state index is 5.44. The van der Waals surface area contributed by atoms with E-state index in [2.05, 4.69) is 30.4 Å². The van der Waals surface area contributed by atoms with Crippen LogP contribution in [-0.4, -0.2) is 67.0 Å². The number of hydrogen-bond acceptors (Lipinski definition) is 5. The molecular formula is C18H27IN6O2. The molecule has 0 bridgehead atoms. The Hall–Kier alpha value is -1.88. The summed E-state index contributed by atoms with van der Waals surface area (Å²) in [6, 6.07) is 7.67. The molecule has 1 aromatic carbocycles. The Bertz CT molecular complexity index is 728. The van der Waals surface area contributed by atoms with Crippen LogP contribution in [0.3, 0.4) is 0 Å². The largest absolute Gasteiger partial charge is 0.497 e. The van der Waals surface area contributed by atoms with E-state index in [4.69, 9.17) is 9.47 Å². The van der Waals surface area contributed by atoms with E-state index in [-0.39, 0.29) is 24.0 Å². The lowest BCUT2D eigenvalue weighted by Gasteiger charge is -2.24. The number of methoxy groups -OCH3 is 1. The fraction of sp³-hybridized carbons (Fsp3) is 0.500. The summed E-state index contributed by atoms with van der Waals surface area (Å²) in [5, 5.41) is 10.6. The molecule has 0 spiro atoms. The number of nitrogens with zero attached hydrogens (tertiary/aromatic N) is 4. The molecule has 1 aliphatic heterocycles. The lowest BCUT2D eigenvalue weighted by Crippen LogP contribution is -2.41. The Kier molecular flexibility index (Phi) is 8.29. The zero-order valence-corrected chi connectivity index (χ0v) is 18.3. The van der Waals surface area contributed by atoms with Crippen molar-refractivity contribution in [1.29, 1.82) is 0 Å². The number of aliphatic imine (C=N–C) groups is 1. The number of halogens is 1. The zero-order chi connectivity index (χ0) is 18.4. The molecule has 2 N–H and O–H groups in total. The van der Waals surface area contributed by atoms with Crippen molar-refractivity contribution < 1.29 is 9.47 Å². The maximum Gasteiger partial charge on any atom is 0.193 e. The first kappa shape index (κ1) is 21.4. The van der Waals surface area contributed by atoms with E-state index in [0.717, 1.165) is 49.3 Å². The molecule has 8 nitrogen and oxygen atoms in total. The molecule has 1 aliphatic rings. The third kappa shape index (κ3) is 5.80. The summed E-state index contributed by atoms with van der Waals surface area (Å²) in [6.45, 7) is 3.14. The Morgan fingerprint density at radius 1 is 1.41 bits per heavy atom. The molecule has 3 rings (SSSR count). The number of guanidine groups is 1. The van der Waals surface area contributed by atoms with Gasteiger partial charge in [0.05, 0.1) is 20.3 Å². The van der Waals surface area contributed by atoms with Crippen LogP contribution in [0, 0.1) is 5.92 Å². The summed E-state index contributed by atoms with van der Waals surface area (Å²) >= 11 is 0. The van der Waals surface area contributed by atoms with Crippen molar-refractivity contribution in [3.63, 3.8) is 0 Å². The quantitative estimate of drug-likeness (QED) is 0.370. The molecule has 0 aliphatic carbocycles. The predicted molar refractivity (Wildman–Crippen MR) is 116 cm³/mol. The second-order valence-corrected chi connectivity index (χ2v) is 6.35. The van der Waals surface area contributed by atoms with Crippen molar-refractivity contribution in [2.75, 3.05) is 41.0 Å². The molecule has 1 unspecified atom stereocenters. The number of nitrogens with one attached hydrogen (secondary N) is 2. The molecule has 27 heavy (non-hydrogen) atoms. The highest BCUT2D eigenvalue weighted by Crippen LogP contribution is 2.19. The van der Waals surface area contributed by atoms with E-state index in [1.807, 2.05) is 31.3 Å². The first-order valence-electron chi connectivity index (χ1n) is 8.75. The lowest BCUT2D eigenvalue weighted by atomic mass is 10.1. The predicted octanol–water partition coefficient (Wildman–Crippen LogP) is 2.14. The number of ether oxygens (including phenoxy) is 2. The van der Waals surface area contributed by atoms with Gasteiger partial charge in [-0.15, -0.1) is 24.0 Å². The molecule has 1 atom stereocenters. The van der Waals surface area contributed by atoms with Gasteiger partial charge in [0.1, 0.15) is 11.6 Å². The highest BCUT2D eigenvalue weighted by atomic mass is 127. The van der Waals surface area contributed by atoms with E-state index < -0.39 is 0 Å². The maximum absolute atomic E-state index is 5.44. The summed E-state index contributed by atoms with van der Waals surface area (Å²) in [5.41, 5.74) is 0.941. The molecule has 148 valence electrons. The fourth-order valence-corrected chi connectivity index (χ4v) is 2.99. The Morgan fingerprint density at radius 3 is 2.81 bits per heavy atom. The first-order chi connectivity index (χ1) is 12.7. The Labute approximate surface area is 176 Å². The summed E-state index contributed by atoms with van der Waals surface area (Å²) in [4.78, 5) is 11.0. The Morgan fingerprint density at radius 2 is 2.19 bits per heavy atom. The van der Waals surface area contributed by atoms with Crippen molar-refractivity contribution in [1.82, 2.24) is 25.4 Å². The number of H-pyrrole nitrogens is 1. The second-order valence-electron chi connectivity index (χ2n) is 6.35. The van der Waals surface area contributed by atoms with Gasteiger partial charge in [0.15, 0.2) is 11.8 Å². The first-order valence-corrected chi connectivity index (χ1v) is 8.75. The van der Waals surface area contributed by atoms with E-state index >= 15 is 0 Å². The summed E-state index contributed by atoms with van der Waals surface area (Å²) in [6.07, 6.45) is 1.11. The molecule has 1 fully saturated rings. The second kappa shape index (κ2) is 10.5. The zero-order valence-electron chi connectivity index (χ0n) is 15.9. The lowest BCUT2D eigenvalue weighted by molar-refractivity contribution is 0.181. The van der Waals surface area contributed by atoms with Gasteiger partial charge in [-0.3, -0.25) is 10.1 Å². The molecule has 0 amide bonds. The standard InChI is InChI=1S/C18H26N6O2.HI/c1-19-18(24(2)11-13-8-9-26-12-13)20-10-16-21-17(23-22-16)14-4-6-15(25-3)7-5-14;/h4-7,13H,8-12H2,1-3H3,(H,19,20)(H,21,22,23);1H. The van der Waals surface area contributed by atoms with Crippen LogP contribution in [0.2, 0.25) is 0 Å². The van der Waals surface area contributed by atoms with Crippen LogP contribution in [0.25, 0.3) is 11.4 Å². The minimum Gasteiger partial charge on any atom is -0.497 e. The van der Waals surface area contributed by atoms with Gasteiger partial charge < -0.3 is 19.7 Å². The van der Waals surface area contributed by atoms with Crippen LogP contribution in [0.1, 0.15) is 12.2 Å². The minimum atomic E-state index is 0. The number of aromatic amines is 1. The van der Waals surface area contributed by atoms with Gasteiger partial charge >= 0.3 is 0 Å². The summed E-state index contributed by atoms with van der Waals surface area (Å²) in [5.74, 6) is 3.63. The number of hydrogen-bond donors (Lipinski definition) is 2. The number of aromatic nitrogens is 3. The minimum absolute atomic E-state index is 0. The SMILES string of the molecule is CN=C(NCc1nc(-c2ccc(OC)cc2)n[nH]1)N(C)CC1CCOC1.I. The van der Waals surface area contributed by atoms with Crippen LogP contribution in [0.15, 0.2) is 29.3 Å². The van der Waals surface area contributed by atoms with Crippen LogP contribution in [0.4, 0.5) is 0 Å². The number of rotatable bonds is 6. The molecule has 1 aromatic heterocycles. The van der Waals surface area contributed by atoms with Crippen molar-refractivity contribution in [2.45, 2.75) is 13.0 Å². The molecule has 1 saturated heterocycles. The van der Waals surface area contributed by atoms with E-state index in [9.17, 15) is 0 Å². The van der Waals surface area contributed by atoms with Crippen molar-refractivity contribution >= 4 is 29.9 Å². The average Bonchev–Trinajstić information content (AvgIpc) is 3.34. The van der Waals surface area contributed by atoms with Crippen LogP contribution in [0.5, 0.6) is 5.75 Å². The molecule has 0 saturated carbocycles. The molecule has 2 aromatic rings. The van der Waals surface area contributed by atoms with Crippen LogP contribution >= 0.6 is 24.0 Å². The van der Waals surface area contributed by atoms with Crippen molar-refractivity contribution in [3.05, 3.63) is 30.1 Å². The van der Waals surface area contributed by atoms with Crippen molar-refractivity contribution in [2.24, 2.45) is 10.9 Å². The fourth-order valence-electron chi connectivity index (χ4n) is 2.99. The average molecular weight is 486 g/mol. The van der Waals surface area contributed by atoms with Crippen molar-refractivity contribution in [3.8, 4) is 17.1 Å². The van der Waals surface area contributed by atoms with E-state index in [1.165, 1.54) is 0 Å².